The van der Waals surface area contributed by atoms with E-state index < -0.39 is 0 Å². The Morgan fingerprint density at radius 2 is 0.660 bits per heavy atom. The van der Waals surface area contributed by atoms with Gasteiger partial charge in [0.1, 0.15) is 0 Å². The second-order valence-corrected chi connectivity index (χ2v) is 12.4. The molecule has 0 aliphatic carbocycles. The summed E-state index contributed by atoms with van der Waals surface area (Å²) in [6.45, 7) is 0. The predicted octanol–water partition coefficient (Wildman–Crippen LogP) is 11.1. The monoisotopic (exact) mass is 637 g/mol. The highest BCUT2D eigenvalue weighted by Crippen LogP contribution is 2.43. The van der Waals surface area contributed by atoms with E-state index in [1.54, 1.807) is 12.4 Å². The molecule has 0 radical (unpaired) electrons. The van der Waals surface area contributed by atoms with Crippen LogP contribution in [0.3, 0.4) is 0 Å². The first-order valence-corrected chi connectivity index (χ1v) is 16.7. The molecular formula is C45H27N5. The Hall–Kier alpha value is -6.85. The van der Waals surface area contributed by atoms with Crippen molar-refractivity contribution in [2.24, 2.45) is 0 Å². The number of fused-ring (bicyclic) bond motifs is 8. The van der Waals surface area contributed by atoms with Gasteiger partial charge in [0.2, 0.25) is 0 Å². The van der Waals surface area contributed by atoms with Gasteiger partial charge in [-0.2, -0.15) is 0 Å². The third-order valence-corrected chi connectivity index (χ3v) is 9.61. The topological polar surface area (TPSA) is 64.5 Å². The highest BCUT2D eigenvalue weighted by atomic mass is 15.0. The zero-order valence-corrected chi connectivity index (χ0v) is 26.8. The molecule has 0 N–H and O–H groups in total. The molecule has 0 aliphatic heterocycles. The average molecular weight is 638 g/mol. The van der Waals surface area contributed by atoms with Crippen molar-refractivity contribution in [1.82, 2.24) is 24.9 Å². The molecule has 0 fully saturated rings. The summed E-state index contributed by atoms with van der Waals surface area (Å²) >= 11 is 0. The van der Waals surface area contributed by atoms with E-state index in [1.165, 1.54) is 32.3 Å². The smallest absolute Gasteiger partial charge is 0.165 e. The fourth-order valence-electron chi connectivity index (χ4n) is 7.42. The Morgan fingerprint density at radius 1 is 0.260 bits per heavy atom. The highest BCUT2D eigenvalue weighted by Gasteiger charge is 2.21. The van der Waals surface area contributed by atoms with E-state index in [0.29, 0.717) is 23.3 Å². The van der Waals surface area contributed by atoms with Crippen LogP contribution in [0.2, 0.25) is 0 Å². The summed E-state index contributed by atoms with van der Waals surface area (Å²) in [7, 11) is 0. The molecule has 50 heavy (non-hydrogen) atoms. The van der Waals surface area contributed by atoms with Crippen LogP contribution in [-0.4, -0.2) is 24.9 Å². The molecule has 0 saturated carbocycles. The van der Waals surface area contributed by atoms with E-state index in [2.05, 4.69) is 137 Å². The Balaban J connectivity index is 1.29. The van der Waals surface area contributed by atoms with Gasteiger partial charge in [-0.25, -0.2) is 24.9 Å². The summed E-state index contributed by atoms with van der Waals surface area (Å²) in [5, 5.41) is 11.4. The molecule has 0 bridgehead atoms. The quantitative estimate of drug-likeness (QED) is 0.142. The Labute approximate surface area is 287 Å². The molecule has 0 unspecified atom stereocenters. The third kappa shape index (κ3) is 4.45. The number of nitrogens with zero attached hydrogens (tertiary/aromatic N) is 5. The molecule has 5 nitrogen and oxygen atoms in total. The molecule has 10 aromatic rings. The van der Waals surface area contributed by atoms with E-state index in [-0.39, 0.29) is 0 Å². The molecule has 0 spiro atoms. The third-order valence-electron chi connectivity index (χ3n) is 9.61. The van der Waals surface area contributed by atoms with Crippen LogP contribution in [0.4, 0.5) is 0 Å². The Kier molecular flexibility index (Phi) is 6.42. The van der Waals surface area contributed by atoms with Gasteiger partial charge < -0.3 is 0 Å². The molecule has 0 aliphatic rings. The molecule has 2 heterocycles. The lowest BCUT2D eigenvalue weighted by Gasteiger charge is -2.17. The molecule has 10 rings (SSSR count). The standard InChI is InChI=1S/C45H27N5/c1-2-13-28(14-3-1)42-48-43(29-23-24-34-32-17-5-4-15-30(32)31-16-6-7-18-33(31)39(34)27-29)50-45(49-42)41-37-21-10-8-19-35(37)40(44-46-25-12-26-47-44)36-20-9-11-22-38(36)41/h1-27H. The zero-order valence-electron chi connectivity index (χ0n) is 26.8. The number of aromatic nitrogens is 5. The first kappa shape index (κ1) is 28.2. The van der Waals surface area contributed by atoms with Gasteiger partial charge in [0, 0.05) is 34.6 Å². The van der Waals surface area contributed by atoms with Gasteiger partial charge in [-0.15, -0.1) is 0 Å². The van der Waals surface area contributed by atoms with Crippen molar-refractivity contribution in [3.05, 3.63) is 164 Å². The molecular weight excluding hydrogens is 611 g/mol. The van der Waals surface area contributed by atoms with Crippen LogP contribution in [0.5, 0.6) is 0 Å². The lowest BCUT2D eigenvalue weighted by Crippen LogP contribution is -2.02. The molecule has 0 amide bonds. The fourth-order valence-corrected chi connectivity index (χ4v) is 7.42. The van der Waals surface area contributed by atoms with Gasteiger partial charge in [-0.1, -0.05) is 140 Å². The van der Waals surface area contributed by atoms with Crippen LogP contribution in [0, 0.1) is 0 Å². The Morgan fingerprint density at radius 3 is 1.20 bits per heavy atom. The molecule has 5 heteroatoms. The van der Waals surface area contributed by atoms with Gasteiger partial charge in [-0.3, -0.25) is 0 Å². The van der Waals surface area contributed by atoms with E-state index in [4.69, 9.17) is 15.0 Å². The predicted molar refractivity (Wildman–Crippen MR) is 205 cm³/mol. The van der Waals surface area contributed by atoms with Crippen molar-refractivity contribution < 1.29 is 0 Å². The van der Waals surface area contributed by atoms with E-state index in [0.717, 1.165) is 43.8 Å². The summed E-state index contributed by atoms with van der Waals surface area (Å²) in [6, 6.07) is 52.7. The first-order chi connectivity index (χ1) is 24.8. The molecule has 8 aromatic carbocycles. The van der Waals surface area contributed by atoms with Crippen LogP contribution < -0.4 is 0 Å². The van der Waals surface area contributed by atoms with Gasteiger partial charge >= 0.3 is 0 Å². The number of hydrogen-bond acceptors (Lipinski definition) is 5. The minimum Gasteiger partial charge on any atom is -0.237 e. The second-order valence-electron chi connectivity index (χ2n) is 12.4. The van der Waals surface area contributed by atoms with Crippen molar-refractivity contribution in [3.63, 3.8) is 0 Å². The van der Waals surface area contributed by atoms with Crippen molar-refractivity contribution >= 4 is 53.9 Å². The van der Waals surface area contributed by atoms with E-state index >= 15 is 0 Å². The van der Waals surface area contributed by atoms with E-state index in [1.807, 2.05) is 24.3 Å². The lowest BCUT2D eigenvalue weighted by molar-refractivity contribution is 1.08. The molecule has 232 valence electrons. The minimum absolute atomic E-state index is 0.616. The number of hydrogen-bond donors (Lipinski definition) is 0. The summed E-state index contributed by atoms with van der Waals surface area (Å²) in [5.41, 5.74) is 3.81. The number of benzene rings is 8. The molecule has 0 saturated heterocycles. The van der Waals surface area contributed by atoms with Crippen molar-refractivity contribution in [2.45, 2.75) is 0 Å². The molecule has 0 atom stereocenters. The van der Waals surface area contributed by atoms with Crippen LogP contribution in [0.25, 0.3) is 99.4 Å². The summed E-state index contributed by atoms with van der Waals surface area (Å²) in [5.74, 6) is 2.54. The maximum absolute atomic E-state index is 5.30. The maximum atomic E-state index is 5.30. The van der Waals surface area contributed by atoms with Crippen LogP contribution in [-0.2, 0) is 0 Å². The van der Waals surface area contributed by atoms with Crippen LogP contribution >= 0.6 is 0 Å². The minimum atomic E-state index is 0.616. The molecule has 2 aromatic heterocycles. The highest BCUT2D eigenvalue weighted by molar-refractivity contribution is 6.26. The van der Waals surface area contributed by atoms with Crippen molar-refractivity contribution in [2.75, 3.05) is 0 Å². The second kappa shape index (κ2) is 11.4. The summed E-state index contributed by atoms with van der Waals surface area (Å²) < 4.78 is 0. The summed E-state index contributed by atoms with van der Waals surface area (Å²) in [6.07, 6.45) is 3.58. The zero-order chi connectivity index (χ0) is 33.0. The van der Waals surface area contributed by atoms with E-state index in [9.17, 15) is 0 Å². The number of rotatable bonds is 4. The summed E-state index contributed by atoms with van der Waals surface area (Å²) in [4.78, 5) is 25.0. The SMILES string of the molecule is c1ccc(-c2nc(-c3ccc4c5ccccc5c5ccccc5c4c3)nc(-c3c4ccccc4c(-c4ncccn4)c4ccccc34)n2)cc1. The first-order valence-electron chi connectivity index (χ1n) is 16.7. The van der Waals surface area contributed by atoms with Gasteiger partial charge in [0.05, 0.1) is 0 Å². The van der Waals surface area contributed by atoms with Gasteiger partial charge in [0.15, 0.2) is 23.3 Å². The normalized spacial score (nSPS) is 11.6. The van der Waals surface area contributed by atoms with Crippen LogP contribution in [0.15, 0.2) is 164 Å². The average Bonchev–Trinajstić information content (AvgIpc) is 3.20. The largest absolute Gasteiger partial charge is 0.237 e. The maximum Gasteiger partial charge on any atom is 0.165 e. The van der Waals surface area contributed by atoms with Gasteiger partial charge in [-0.05, 0) is 66.0 Å². The lowest BCUT2D eigenvalue weighted by atomic mass is 9.90. The fraction of sp³-hybridized carbons (Fsp3) is 0. The van der Waals surface area contributed by atoms with Crippen LogP contribution in [0.1, 0.15) is 0 Å². The van der Waals surface area contributed by atoms with Crippen molar-refractivity contribution in [3.8, 4) is 45.6 Å². The van der Waals surface area contributed by atoms with Gasteiger partial charge in [0.25, 0.3) is 0 Å². The Bertz CT molecular complexity index is 2830. The van der Waals surface area contributed by atoms with Crippen molar-refractivity contribution in [1.29, 1.82) is 0 Å².